The van der Waals surface area contributed by atoms with E-state index in [0.29, 0.717) is 24.0 Å². The number of ether oxygens (including phenoxy) is 2. The summed E-state index contributed by atoms with van der Waals surface area (Å²) in [5.41, 5.74) is 3.38. The van der Waals surface area contributed by atoms with Crippen molar-refractivity contribution in [2.75, 3.05) is 64.4 Å². The van der Waals surface area contributed by atoms with Crippen LogP contribution in [0.2, 0.25) is 5.02 Å². The number of nitrogens with zero attached hydrogens (tertiary/aromatic N) is 3. The normalized spacial score (nSPS) is 36.2. The van der Waals surface area contributed by atoms with Crippen LogP contribution in [-0.2, 0) is 26.3 Å². The van der Waals surface area contributed by atoms with Crippen molar-refractivity contribution in [2.24, 2.45) is 17.8 Å². The van der Waals surface area contributed by atoms with Crippen LogP contribution in [0.1, 0.15) is 86.7 Å². The molecule has 1 spiro atoms. The van der Waals surface area contributed by atoms with Gasteiger partial charge in [-0.2, -0.15) is 0 Å². The summed E-state index contributed by atoms with van der Waals surface area (Å²) in [7, 11) is -1.04. The van der Waals surface area contributed by atoms with Crippen LogP contribution in [0.3, 0.4) is 0 Å². The Morgan fingerprint density at radius 3 is 2.58 bits per heavy atom. The summed E-state index contributed by atoms with van der Waals surface area (Å²) < 4.78 is 30.5. The van der Waals surface area contributed by atoms with Gasteiger partial charge in [-0.25, -0.2) is 4.21 Å². The Morgan fingerprint density at radius 1 is 1.06 bits per heavy atom. The smallest absolute Gasteiger partial charge is 0.262 e. The van der Waals surface area contributed by atoms with Crippen molar-refractivity contribution in [1.29, 1.82) is 0 Å². The van der Waals surface area contributed by atoms with Gasteiger partial charge < -0.3 is 14.4 Å². The van der Waals surface area contributed by atoms with Crippen LogP contribution in [-0.4, -0.2) is 102 Å². The minimum atomic E-state index is -2.95. The van der Waals surface area contributed by atoms with Gasteiger partial charge in [-0.1, -0.05) is 43.2 Å². The predicted octanol–water partition coefficient (Wildman–Crippen LogP) is 6.74. The lowest BCUT2D eigenvalue weighted by Crippen LogP contribution is -2.60. The Balaban J connectivity index is 1.17. The highest BCUT2D eigenvalue weighted by molar-refractivity contribution is 7.99. The summed E-state index contributed by atoms with van der Waals surface area (Å²) in [5.74, 6) is 5.29. The number of nitrogens with one attached hydrogen (secondary N) is 1. The summed E-state index contributed by atoms with van der Waals surface area (Å²) in [6, 6.07) is 12.9. The Labute approximate surface area is 322 Å². The van der Waals surface area contributed by atoms with Crippen LogP contribution in [0.15, 0.2) is 48.6 Å². The first kappa shape index (κ1) is 37.4. The molecule has 3 heterocycles. The molecule has 10 heteroatoms. The van der Waals surface area contributed by atoms with Gasteiger partial charge >= 0.3 is 0 Å². The molecule has 6 aliphatic rings. The molecule has 8 rings (SSSR count). The number of carbonyl (C=O) groups is 1. The molecule has 2 aromatic rings. The molecule has 2 saturated carbocycles. The first-order chi connectivity index (χ1) is 25.5. The van der Waals surface area contributed by atoms with Crippen LogP contribution in [0.4, 0.5) is 5.69 Å². The first-order valence-corrected chi connectivity index (χ1v) is 22.3. The summed E-state index contributed by atoms with van der Waals surface area (Å²) in [6.45, 7) is 11.5. The average molecular weight is 763 g/mol. The molecule has 53 heavy (non-hydrogen) atoms. The van der Waals surface area contributed by atoms with Gasteiger partial charge in [-0.3, -0.25) is 19.3 Å². The predicted molar refractivity (Wildman–Crippen MR) is 217 cm³/mol. The van der Waals surface area contributed by atoms with Crippen molar-refractivity contribution in [1.82, 2.24) is 14.5 Å². The van der Waals surface area contributed by atoms with E-state index >= 15 is 0 Å². The lowest BCUT2D eigenvalue weighted by atomic mass is 9.63. The van der Waals surface area contributed by atoms with Crippen molar-refractivity contribution in [3.05, 3.63) is 70.3 Å². The number of piperazine rings is 1. The van der Waals surface area contributed by atoms with E-state index in [2.05, 4.69) is 56.5 Å². The summed E-state index contributed by atoms with van der Waals surface area (Å²) in [6.07, 6.45) is 14.8. The molecule has 3 aliphatic carbocycles. The minimum Gasteiger partial charge on any atom is -0.490 e. The molecule has 1 amide bonds. The van der Waals surface area contributed by atoms with Crippen LogP contribution >= 0.6 is 11.6 Å². The summed E-state index contributed by atoms with van der Waals surface area (Å²) >= 11 is 6.53. The van der Waals surface area contributed by atoms with Crippen LogP contribution < -0.4 is 14.4 Å². The first-order valence-electron chi connectivity index (χ1n) is 20.2. The molecule has 1 saturated heterocycles. The van der Waals surface area contributed by atoms with Crippen molar-refractivity contribution < 1.29 is 18.5 Å². The van der Waals surface area contributed by atoms with E-state index in [-0.39, 0.29) is 22.5 Å². The number of allylic oxidation sites excluding steroid dienone is 1. The lowest BCUT2D eigenvalue weighted by Gasteiger charge is -2.52. The molecule has 1 unspecified atom stereocenters. The summed E-state index contributed by atoms with van der Waals surface area (Å²) in [5, 5.41) is 0.452. The molecule has 0 radical (unpaired) electrons. The molecule has 7 atom stereocenters. The molecule has 0 aromatic heterocycles. The summed E-state index contributed by atoms with van der Waals surface area (Å²) in [4.78, 5) is 21.7. The van der Waals surface area contributed by atoms with E-state index in [0.717, 1.165) is 107 Å². The average Bonchev–Trinajstić information content (AvgIpc) is 3.25. The number of hydrogen-bond acceptors (Lipinski definition) is 7. The van der Waals surface area contributed by atoms with E-state index in [1.165, 1.54) is 30.4 Å². The second kappa shape index (κ2) is 14.8. The van der Waals surface area contributed by atoms with Crippen LogP contribution in [0.25, 0.3) is 0 Å². The number of fused-ring (bicyclic) bond motifs is 4. The number of methoxy groups -OCH3 is 1. The third-order valence-electron chi connectivity index (χ3n) is 14.2. The van der Waals surface area contributed by atoms with E-state index in [1.54, 1.807) is 6.07 Å². The zero-order valence-corrected chi connectivity index (χ0v) is 33.6. The van der Waals surface area contributed by atoms with Gasteiger partial charge in [-0.05, 0) is 123 Å². The van der Waals surface area contributed by atoms with Crippen molar-refractivity contribution in [3.8, 4) is 5.75 Å². The molecular formula is C43H59ClN4O4S. The fourth-order valence-corrected chi connectivity index (χ4v) is 12.0. The number of anilines is 1. The zero-order chi connectivity index (χ0) is 37.0. The van der Waals surface area contributed by atoms with Gasteiger partial charge in [-0.15, -0.1) is 0 Å². The standard InChI is InChI=1S/C43H59ClN4O4S/c1-30-8-6-19-43(51-3,28-46-20-22-47(23-21-46)36-10-5-11-36)38-15-12-34(38)26-48-27-42(18-7-9-32-24-35(44)14-16-37(32)42)29-52-40-17-13-33(25-39(40)48)41(49)45-53(4,50)31(30)2/h6,13-14,16-17,19,24-25,30-31,34,36,38H,4-5,7-12,15,18,20-23,26-29H2,1-3H3,(H,45,49,50)/b19-6+/t30-,31+,34-,38+,42-,43+,53?/m0/s1. The van der Waals surface area contributed by atoms with Gasteiger partial charge in [0, 0.05) is 80.2 Å². The van der Waals surface area contributed by atoms with Gasteiger partial charge in [0.15, 0.2) is 0 Å². The van der Waals surface area contributed by atoms with Crippen LogP contribution in [0, 0.1) is 17.8 Å². The van der Waals surface area contributed by atoms with E-state index in [4.69, 9.17) is 21.1 Å². The molecule has 2 bridgehead atoms. The quantitative estimate of drug-likeness (QED) is 0.274. The highest BCUT2D eigenvalue weighted by Crippen LogP contribution is 2.49. The second-order valence-electron chi connectivity index (χ2n) is 17.3. The van der Waals surface area contributed by atoms with Crippen molar-refractivity contribution in [3.63, 3.8) is 0 Å². The maximum absolute atomic E-state index is 14.1. The number of amides is 1. The molecule has 288 valence electrons. The highest BCUT2D eigenvalue weighted by atomic mass is 35.5. The number of carbonyl (C=O) groups excluding carboxylic acids is 1. The van der Waals surface area contributed by atoms with E-state index < -0.39 is 15.3 Å². The van der Waals surface area contributed by atoms with Gasteiger partial charge in [0.1, 0.15) is 11.4 Å². The molecule has 3 fully saturated rings. The zero-order valence-electron chi connectivity index (χ0n) is 32.0. The number of benzene rings is 2. The third kappa shape index (κ3) is 7.19. The largest absolute Gasteiger partial charge is 0.490 e. The number of hydrogen-bond donors (Lipinski definition) is 1. The van der Waals surface area contributed by atoms with E-state index in [1.807, 2.05) is 32.2 Å². The third-order valence-corrected chi connectivity index (χ3v) is 16.7. The molecule has 1 N–H and O–H groups in total. The topological polar surface area (TPSA) is 74.4 Å². The number of rotatable bonds is 4. The molecule has 3 aliphatic heterocycles. The Morgan fingerprint density at radius 2 is 1.87 bits per heavy atom. The van der Waals surface area contributed by atoms with Gasteiger partial charge in [0.2, 0.25) is 0 Å². The number of halogens is 1. The van der Waals surface area contributed by atoms with Crippen molar-refractivity contribution >= 4 is 38.8 Å². The maximum atomic E-state index is 14.1. The van der Waals surface area contributed by atoms with Crippen LogP contribution in [0.5, 0.6) is 5.75 Å². The Hall–Kier alpha value is -2.56. The Bertz CT molecular complexity index is 1820. The minimum absolute atomic E-state index is 0.0441. The fraction of sp³-hybridized carbons (Fsp3) is 0.628. The molecule has 2 aromatic carbocycles. The second-order valence-corrected chi connectivity index (χ2v) is 20.1. The maximum Gasteiger partial charge on any atom is 0.262 e. The highest BCUT2D eigenvalue weighted by Gasteiger charge is 2.50. The van der Waals surface area contributed by atoms with Gasteiger partial charge in [0.05, 0.1) is 22.0 Å². The lowest BCUT2D eigenvalue weighted by molar-refractivity contribution is -0.0972. The number of aryl methyl sites for hydroxylation is 1. The monoisotopic (exact) mass is 762 g/mol. The molecular weight excluding hydrogens is 704 g/mol. The SMILES string of the molecule is C=S1(=O)NC(=O)c2ccc3c(c2)N(C[C@@H]2CC[C@H]2[C@@](CN2CCN(C4CCC4)CC2)(OC)/C=C/C[C@H](C)[C@H]1C)C[C@@]1(CCCc2cc(Cl)ccc21)CO3. The fourth-order valence-electron chi connectivity index (χ4n) is 10.3. The molecule has 8 nitrogen and oxygen atoms in total. The van der Waals surface area contributed by atoms with Gasteiger partial charge in [0.25, 0.3) is 5.91 Å². The Kier molecular flexibility index (Phi) is 10.5. The van der Waals surface area contributed by atoms with E-state index in [9.17, 15) is 9.00 Å². The van der Waals surface area contributed by atoms with Crippen molar-refractivity contribution in [2.45, 2.75) is 93.9 Å².